The summed E-state index contributed by atoms with van der Waals surface area (Å²) in [6.07, 6.45) is 10.4. The van der Waals surface area contributed by atoms with E-state index in [2.05, 4.69) is 31.4 Å². The third-order valence-electron chi connectivity index (χ3n) is 6.20. The Morgan fingerprint density at radius 2 is 1.94 bits per heavy atom. The zero-order chi connectivity index (χ0) is 21.2. The maximum absolute atomic E-state index is 5.46. The van der Waals surface area contributed by atoms with Gasteiger partial charge in [0.25, 0.3) is 0 Å². The Bertz CT molecular complexity index is 1200. The first kappa shape index (κ1) is 19.7. The number of nitrogens with zero attached hydrogens (tertiary/aromatic N) is 5. The van der Waals surface area contributed by atoms with E-state index in [1.807, 2.05) is 35.1 Å². The molecule has 3 aromatic heterocycles. The summed E-state index contributed by atoms with van der Waals surface area (Å²) in [7, 11) is 3.42. The first-order chi connectivity index (χ1) is 15.2. The Hall–Kier alpha value is -3.26. The number of aromatic nitrogens is 5. The minimum absolute atomic E-state index is 0.420. The second kappa shape index (κ2) is 8.47. The van der Waals surface area contributed by atoms with Gasteiger partial charge in [0.2, 0.25) is 11.8 Å². The second-order valence-corrected chi connectivity index (χ2v) is 8.02. The molecule has 1 fully saturated rings. The van der Waals surface area contributed by atoms with E-state index < -0.39 is 0 Å². The molecule has 0 radical (unpaired) electrons. The average Bonchev–Trinajstić information content (AvgIpc) is 3.25. The third-order valence-corrected chi connectivity index (χ3v) is 6.20. The molecule has 8 nitrogen and oxygen atoms in total. The molecule has 5 rings (SSSR count). The van der Waals surface area contributed by atoms with Gasteiger partial charge in [-0.05, 0) is 55.4 Å². The molecule has 0 unspecified atom stereocenters. The fourth-order valence-corrected chi connectivity index (χ4v) is 4.40. The molecule has 1 N–H and O–H groups in total. The molecule has 1 aliphatic rings. The van der Waals surface area contributed by atoms with E-state index in [9.17, 15) is 0 Å². The summed E-state index contributed by atoms with van der Waals surface area (Å²) in [4.78, 5) is 13.1. The van der Waals surface area contributed by atoms with Gasteiger partial charge in [0.15, 0.2) is 0 Å². The highest BCUT2D eigenvalue weighted by Gasteiger charge is 2.21. The predicted octanol–water partition coefficient (Wildman–Crippen LogP) is 3.97. The lowest BCUT2D eigenvalue weighted by atomic mass is 9.87. The zero-order valence-corrected chi connectivity index (χ0v) is 17.8. The van der Waals surface area contributed by atoms with Crippen molar-refractivity contribution in [3.05, 3.63) is 43.0 Å². The van der Waals surface area contributed by atoms with Gasteiger partial charge in [-0.25, -0.2) is 19.5 Å². The highest BCUT2D eigenvalue weighted by Crippen LogP contribution is 2.31. The number of nitrogens with one attached hydrogen (secondary N) is 1. The average molecular weight is 419 g/mol. The van der Waals surface area contributed by atoms with Crippen molar-refractivity contribution in [2.24, 2.45) is 5.92 Å². The summed E-state index contributed by atoms with van der Waals surface area (Å²) < 4.78 is 12.7. The van der Waals surface area contributed by atoms with Crippen LogP contribution in [0, 0.1) is 5.92 Å². The van der Waals surface area contributed by atoms with Crippen LogP contribution < -0.4 is 10.1 Å². The third kappa shape index (κ3) is 3.90. The van der Waals surface area contributed by atoms with Crippen molar-refractivity contribution in [3.63, 3.8) is 0 Å². The van der Waals surface area contributed by atoms with E-state index in [0.29, 0.717) is 23.9 Å². The van der Waals surface area contributed by atoms with E-state index in [1.165, 1.54) is 19.2 Å². The van der Waals surface area contributed by atoms with Crippen molar-refractivity contribution in [1.82, 2.24) is 24.6 Å². The molecule has 0 spiro atoms. The van der Waals surface area contributed by atoms with Crippen LogP contribution >= 0.6 is 0 Å². The highest BCUT2D eigenvalue weighted by molar-refractivity contribution is 5.91. The zero-order valence-electron chi connectivity index (χ0n) is 17.8. The number of benzene rings is 1. The Labute approximate surface area is 180 Å². The highest BCUT2D eigenvalue weighted by atomic mass is 16.5. The minimum Gasteiger partial charge on any atom is -0.480 e. The van der Waals surface area contributed by atoms with Crippen LogP contribution in [0.2, 0.25) is 0 Å². The first-order valence-electron chi connectivity index (χ1n) is 10.7. The SMILES string of the molecule is COc1ncnc2ccc(-c3ccn4nc(NCC5CCC(OC)CC5)ncc34)cc12. The number of methoxy groups -OCH3 is 2. The smallest absolute Gasteiger partial charge is 0.241 e. The van der Waals surface area contributed by atoms with Gasteiger partial charge in [-0.15, -0.1) is 5.10 Å². The number of ether oxygens (including phenoxy) is 2. The molecule has 1 aromatic carbocycles. The van der Waals surface area contributed by atoms with E-state index in [-0.39, 0.29) is 0 Å². The van der Waals surface area contributed by atoms with Gasteiger partial charge in [-0.3, -0.25) is 0 Å². The molecule has 1 saturated carbocycles. The van der Waals surface area contributed by atoms with Crippen LogP contribution in [-0.2, 0) is 4.74 Å². The summed E-state index contributed by atoms with van der Waals surface area (Å²) in [5.74, 6) is 1.86. The molecule has 3 heterocycles. The van der Waals surface area contributed by atoms with Crippen LogP contribution in [0.3, 0.4) is 0 Å². The van der Waals surface area contributed by atoms with Crippen molar-refractivity contribution in [2.75, 3.05) is 26.1 Å². The Kier molecular flexibility index (Phi) is 5.38. The fourth-order valence-electron chi connectivity index (χ4n) is 4.40. The fraction of sp³-hybridized carbons (Fsp3) is 0.391. The van der Waals surface area contributed by atoms with Gasteiger partial charge >= 0.3 is 0 Å². The van der Waals surface area contributed by atoms with Gasteiger partial charge < -0.3 is 14.8 Å². The summed E-state index contributed by atoms with van der Waals surface area (Å²) in [6.45, 7) is 0.889. The van der Waals surface area contributed by atoms with E-state index in [0.717, 1.165) is 46.9 Å². The number of rotatable bonds is 6. The molecule has 160 valence electrons. The topological polar surface area (TPSA) is 86.5 Å². The van der Waals surface area contributed by atoms with Crippen LogP contribution in [-0.4, -0.2) is 51.4 Å². The number of anilines is 1. The Balaban J connectivity index is 1.36. The molecule has 0 aliphatic heterocycles. The molecular weight excluding hydrogens is 392 g/mol. The van der Waals surface area contributed by atoms with Gasteiger partial charge in [-0.2, -0.15) is 0 Å². The number of fused-ring (bicyclic) bond motifs is 2. The van der Waals surface area contributed by atoms with E-state index in [1.54, 1.807) is 14.2 Å². The van der Waals surface area contributed by atoms with Crippen LogP contribution in [0.1, 0.15) is 25.7 Å². The lowest BCUT2D eigenvalue weighted by Gasteiger charge is -2.27. The molecule has 0 atom stereocenters. The summed E-state index contributed by atoms with van der Waals surface area (Å²) in [6, 6.07) is 8.13. The normalized spacial score (nSPS) is 19.0. The molecule has 0 amide bonds. The lowest BCUT2D eigenvalue weighted by Crippen LogP contribution is -2.25. The lowest BCUT2D eigenvalue weighted by molar-refractivity contribution is 0.0585. The number of hydrogen-bond acceptors (Lipinski definition) is 7. The standard InChI is InChI=1S/C23H26N6O2/c1-30-17-6-3-15(4-7-17)12-24-23-25-13-21-18(9-10-29(21)28-23)16-5-8-20-19(11-16)22(31-2)27-14-26-20/h5,8-11,13-15,17H,3-4,6-7,12H2,1-2H3,(H,24,28). The van der Waals surface area contributed by atoms with Crippen molar-refractivity contribution in [1.29, 1.82) is 0 Å². The number of hydrogen-bond donors (Lipinski definition) is 1. The monoisotopic (exact) mass is 418 g/mol. The van der Waals surface area contributed by atoms with Crippen LogP contribution in [0.25, 0.3) is 27.5 Å². The van der Waals surface area contributed by atoms with Crippen molar-refractivity contribution in [3.8, 4) is 17.0 Å². The Morgan fingerprint density at radius 1 is 1.06 bits per heavy atom. The van der Waals surface area contributed by atoms with Crippen molar-refractivity contribution in [2.45, 2.75) is 31.8 Å². The first-order valence-corrected chi connectivity index (χ1v) is 10.7. The van der Waals surface area contributed by atoms with E-state index in [4.69, 9.17) is 9.47 Å². The predicted molar refractivity (Wildman–Crippen MR) is 119 cm³/mol. The summed E-state index contributed by atoms with van der Waals surface area (Å²) in [5.41, 5.74) is 3.89. The van der Waals surface area contributed by atoms with Gasteiger partial charge in [0.1, 0.15) is 6.33 Å². The van der Waals surface area contributed by atoms with Crippen LogP contribution in [0.5, 0.6) is 5.88 Å². The summed E-state index contributed by atoms with van der Waals surface area (Å²) in [5, 5.41) is 8.94. The molecule has 0 saturated heterocycles. The Morgan fingerprint density at radius 3 is 2.74 bits per heavy atom. The maximum Gasteiger partial charge on any atom is 0.241 e. The molecule has 0 bridgehead atoms. The molecule has 4 aromatic rings. The van der Waals surface area contributed by atoms with Gasteiger partial charge in [0, 0.05) is 25.4 Å². The van der Waals surface area contributed by atoms with Crippen LogP contribution in [0.15, 0.2) is 43.0 Å². The molecule has 8 heteroatoms. The largest absolute Gasteiger partial charge is 0.480 e. The molecular formula is C23H26N6O2. The second-order valence-electron chi connectivity index (χ2n) is 8.02. The maximum atomic E-state index is 5.46. The minimum atomic E-state index is 0.420. The summed E-state index contributed by atoms with van der Waals surface area (Å²) >= 11 is 0. The quantitative estimate of drug-likeness (QED) is 0.507. The molecule has 1 aliphatic carbocycles. The van der Waals surface area contributed by atoms with Crippen molar-refractivity contribution >= 4 is 22.4 Å². The van der Waals surface area contributed by atoms with Crippen molar-refractivity contribution < 1.29 is 9.47 Å². The van der Waals surface area contributed by atoms with Gasteiger partial charge in [0.05, 0.1) is 35.8 Å². The van der Waals surface area contributed by atoms with Gasteiger partial charge in [-0.1, -0.05) is 6.07 Å². The molecule has 31 heavy (non-hydrogen) atoms. The van der Waals surface area contributed by atoms with Crippen LogP contribution in [0.4, 0.5) is 5.95 Å². The van der Waals surface area contributed by atoms with E-state index >= 15 is 0 Å².